The molecule has 2 aliphatic rings. The van der Waals surface area contributed by atoms with E-state index in [2.05, 4.69) is 15.5 Å². The molecule has 7 heteroatoms. The molecule has 7 nitrogen and oxygen atoms in total. The zero-order chi connectivity index (χ0) is 25.3. The minimum Gasteiger partial charge on any atom is -0.493 e. The molecule has 1 saturated heterocycles. The molecule has 2 N–H and O–H groups in total. The lowest BCUT2D eigenvalue weighted by atomic mass is 9.88. The third kappa shape index (κ3) is 6.50. The quantitative estimate of drug-likeness (QED) is 0.543. The molecule has 36 heavy (non-hydrogen) atoms. The maximum atomic E-state index is 13.1. The Morgan fingerprint density at radius 3 is 2.36 bits per heavy atom. The number of nitrogens with zero attached hydrogens (tertiary/aromatic N) is 1. The number of nitrogens with one attached hydrogen (secondary N) is 2. The number of rotatable bonds is 9. The van der Waals surface area contributed by atoms with E-state index in [1.807, 2.05) is 42.5 Å². The zero-order valence-electron chi connectivity index (χ0n) is 21.6. The summed E-state index contributed by atoms with van der Waals surface area (Å²) in [5.74, 6) is 1.74. The number of ether oxygens (including phenoxy) is 2. The highest BCUT2D eigenvalue weighted by molar-refractivity contribution is 5.99. The largest absolute Gasteiger partial charge is 0.493 e. The summed E-state index contributed by atoms with van der Waals surface area (Å²) in [7, 11) is 3.24. The van der Waals surface area contributed by atoms with Gasteiger partial charge in [0.05, 0.1) is 19.8 Å². The molecule has 1 saturated carbocycles. The fourth-order valence-corrected chi connectivity index (χ4v) is 5.34. The molecular weight excluding hydrogens is 454 g/mol. The van der Waals surface area contributed by atoms with Gasteiger partial charge in [-0.2, -0.15) is 0 Å². The Kier molecular flexibility index (Phi) is 9.09. The van der Waals surface area contributed by atoms with E-state index in [0.717, 1.165) is 50.0 Å². The summed E-state index contributed by atoms with van der Waals surface area (Å²) in [6.07, 6.45) is 8.14. The van der Waals surface area contributed by atoms with Crippen LogP contribution in [0.3, 0.4) is 0 Å². The van der Waals surface area contributed by atoms with Crippen molar-refractivity contribution in [3.05, 3.63) is 53.6 Å². The summed E-state index contributed by atoms with van der Waals surface area (Å²) in [5.41, 5.74) is 2.71. The van der Waals surface area contributed by atoms with E-state index < -0.39 is 0 Å². The van der Waals surface area contributed by atoms with Crippen LogP contribution in [0.4, 0.5) is 5.69 Å². The van der Waals surface area contributed by atoms with Crippen molar-refractivity contribution in [3.63, 3.8) is 0 Å². The van der Waals surface area contributed by atoms with E-state index >= 15 is 0 Å². The monoisotopic (exact) mass is 493 g/mol. The second-order valence-corrected chi connectivity index (χ2v) is 9.82. The fourth-order valence-electron chi connectivity index (χ4n) is 5.34. The van der Waals surface area contributed by atoms with Crippen LogP contribution in [0.2, 0.25) is 0 Å². The van der Waals surface area contributed by atoms with E-state index in [0.29, 0.717) is 30.0 Å². The van der Waals surface area contributed by atoms with Crippen LogP contribution in [0.5, 0.6) is 11.5 Å². The lowest BCUT2D eigenvalue weighted by Gasteiger charge is -2.35. The van der Waals surface area contributed by atoms with Crippen LogP contribution in [-0.2, 0) is 11.2 Å². The smallest absolute Gasteiger partial charge is 0.253 e. The van der Waals surface area contributed by atoms with E-state index in [1.54, 1.807) is 14.2 Å². The zero-order valence-corrected chi connectivity index (χ0v) is 21.6. The van der Waals surface area contributed by atoms with Gasteiger partial charge in [-0.1, -0.05) is 37.5 Å². The van der Waals surface area contributed by atoms with Gasteiger partial charge in [-0.25, -0.2) is 0 Å². The number of para-hydroxylation sites is 1. The Bertz CT molecular complexity index is 1030. The van der Waals surface area contributed by atoms with Gasteiger partial charge in [-0.15, -0.1) is 0 Å². The van der Waals surface area contributed by atoms with Crippen molar-refractivity contribution in [1.29, 1.82) is 0 Å². The third-order valence-electron chi connectivity index (χ3n) is 7.45. The number of piperidine rings is 1. The molecule has 0 radical (unpaired) electrons. The van der Waals surface area contributed by atoms with Crippen LogP contribution in [0.15, 0.2) is 42.5 Å². The van der Waals surface area contributed by atoms with Gasteiger partial charge in [0.2, 0.25) is 5.91 Å². The predicted octanol–water partition coefficient (Wildman–Crippen LogP) is 4.34. The van der Waals surface area contributed by atoms with Gasteiger partial charge in [0.15, 0.2) is 11.5 Å². The van der Waals surface area contributed by atoms with Crippen molar-refractivity contribution in [3.8, 4) is 11.5 Å². The minimum absolute atomic E-state index is 0.0706. The molecular formula is C29H39N3O4. The summed E-state index contributed by atoms with van der Waals surface area (Å²) in [6, 6.07) is 13.8. The Labute approximate surface area is 214 Å². The van der Waals surface area contributed by atoms with Gasteiger partial charge in [0, 0.05) is 37.3 Å². The van der Waals surface area contributed by atoms with E-state index in [-0.39, 0.29) is 23.8 Å². The number of carbonyl (C=O) groups excluding carboxylic acids is 2. The molecule has 2 amide bonds. The maximum Gasteiger partial charge on any atom is 0.253 e. The first-order chi connectivity index (χ1) is 17.6. The van der Waals surface area contributed by atoms with Gasteiger partial charge in [-0.3, -0.25) is 9.59 Å². The second-order valence-electron chi connectivity index (χ2n) is 9.82. The lowest BCUT2D eigenvalue weighted by molar-refractivity contribution is -0.126. The van der Waals surface area contributed by atoms with Crippen molar-refractivity contribution in [2.45, 2.75) is 57.4 Å². The Hall–Kier alpha value is -3.22. The minimum atomic E-state index is -0.0706. The number of amides is 2. The number of carbonyl (C=O) groups is 2. The Morgan fingerprint density at radius 2 is 1.64 bits per heavy atom. The molecule has 0 atom stereocenters. The highest BCUT2D eigenvalue weighted by Gasteiger charge is 2.27. The van der Waals surface area contributed by atoms with Gasteiger partial charge in [-0.05, 0) is 61.9 Å². The van der Waals surface area contributed by atoms with Crippen LogP contribution < -0.4 is 25.0 Å². The first-order valence-corrected chi connectivity index (χ1v) is 13.2. The van der Waals surface area contributed by atoms with Crippen molar-refractivity contribution in [2.24, 2.45) is 5.92 Å². The van der Waals surface area contributed by atoms with Gasteiger partial charge >= 0.3 is 0 Å². The van der Waals surface area contributed by atoms with Crippen LogP contribution in [0.25, 0.3) is 0 Å². The molecule has 1 aliphatic heterocycles. The van der Waals surface area contributed by atoms with E-state index in [9.17, 15) is 9.59 Å². The van der Waals surface area contributed by atoms with Crippen molar-refractivity contribution >= 4 is 17.5 Å². The Balaban J connectivity index is 1.29. The van der Waals surface area contributed by atoms with Gasteiger partial charge < -0.3 is 25.0 Å². The molecule has 194 valence electrons. The van der Waals surface area contributed by atoms with Gasteiger partial charge in [0.1, 0.15) is 0 Å². The molecule has 1 aliphatic carbocycles. The SMILES string of the molecule is COc1ccc(CCNC(=O)c2ccccc2N2CCC(NC(=O)C3CCCCC3)CC2)cc1OC. The molecule has 0 unspecified atom stereocenters. The predicted molar refractivity (Wildman–Crippen MR) is 142 cm³/mol. The number of hydrogen-bond acceptors (Lipinski definition) is 5. The van der Waals surface area contributed by atoms with Gasteiger partial charge in [0.25, 0.3) is 5.91 Å². The van der Waals surface area contributed by atoms with Crippen LogP contribution in [0.1, 0.15) is 60.9 Å². The molecule has 0 spiro atoms. The van der Waals surface area contributed by atoms with Crippen LogP contribution in [-0.4, -0.2) is 51.7 Å². The number of anilines is 1. The lowest BCUT2D eigenvalue weighted by Crippen LogP contribution is -2.47. The standard InChI is InChI=1S/C29H39N3O4/c1-35-26-13-12-21(20-27(26)36-2)14-17-30-29(34)24-10-6-7-11-25(24)32-18-15-23(16-19-32)31-28(33)22-8-4-3-5-9-22/h6-7,10-13,20,22-23H,3-5,8-9,14-19H2,1-2H3,(H,30,34)(H,31,33). The van der Waals surface area contributed by atoms with Crippen LogP contribution in [0, 0.1) is 5.92 Å². The second kappa shape index (κ2) is 12.7. The molecule has 1 heterocycles. The van der Waals surface area contributed by atoms with E-state index in [4.69, 9.17) is 9.47 Å². The average Bonchev–Trinajstić information content (AvgIpc) is 2.93. The fraction of sp³-hybridized carbons (Fsp3) is 0.517. The summed E-state index contributed by atoms with van der Waals surface area (Å²) in [6.45, 7) is 2.18. The molecule has 0 bridgehead atoms. The van der Waals surface area contributed by atoms with Crippen molar-refractivity contribution in [2.75, 3.05) is 38.8 Å². The number of methoxy groups -OCH3 is 2. The molecule has 0 aromatic heterocycles. The molecule has 4 rings (SSSR count). The third-order valence-corrected chi connectivity index (χ3v) is 7.45. The average molecular weight is 494 g/mol. The molecule has 2 fully saturated rings. The normalized spacial score (nSPS) is 16.9. The summed E-state index contributed by atoms with van der Waals surface area (Å²) in [5, 5.41) is 6.36. The van der Waals surface area contributed by atoms with Crippen molar-refractivity contribution < 1.29 is 19.1 Å². The maximum absolute atomic E-state index is 13.1. The topological polar surface area (TPSA) is 79.9 Å². The van der Waals surface area contributed by atoms with Crippen molar-refractivity contribution in [1.82, 2.24) is 10.6 Å². The van der Waals surface area contributed by atoms with Crippen LogP contribution >= 0.6 is 0 Å². The first-order valence-electron chi connectivity index (χ1n) is 13.2. The highest BCUT2D eigenvalue weighted by Crippen LogP contribution is 2.28. The molecule has 2 aromatic carbocycles. The van der Waals surface area contributed by atoms with E-state index in [1.165, 1.54) is 19.3 Å². The summed E-state index contributed by atoms with van der Waals surface area (Å²) >= 11 is 0. The highest BCUT2D eigenvalue weighted by atomic mass is 16.5. The number of benzene rings is 2. The summed E-state index contributed by atoms with van der Waals surface area (Å²) < 4.78 is 10.7. The molecule has 2 aromatic rings. The Morgan fingerprint density at radius 1 is 0.917 bits per heavy atom. The summed E-state index contributed by atoms with van der Waals surface area (Å²) in [4.78, 5) is 28.0. The number of hydrogen-bond donors (Lipinski definition) is 2. The first kappa shape index (κ1) is 25.9.